The Kier molecular flexibility index (Phi) is 11.0. The summed E-state index contributed by atoms with van der Waals surface area (Å²) in [6.07, 6.45) is 0. The zero-order valence-electron chi connectivity index (χ0n) is 13.5. The molecule has 0 aliphatic carbocycles. The lowest BCUT2D eigenvalue weighted by Gasteiger charge is -1.88. The summed E-state index contributed by atoms with van der Waals surface area (Å²) < 4.78 is 0. The summed E-state index contributed by atoms with van der Waals surface area (Å²) in [5, 5.41) is 9.70. The summed E-state index contributed by atoms with van der Waals surface area (Å²) in [4.78, 5) is 19.3. The van der Waals surface area contributed by atoms with E-state index in [9.17, 15) is 9.59 Å². The number of hydrogen-bond acceptors (Lipinski definition) is 2. The Morgan fingerprint density at radius 1 is 0.826 bits per heavy atom. The first-order valence-electron chi connectivity index (χ1n) is 7.20. The van der Waals surface area contributed by atoms with Crippen molar-refractivity contribution in [1.29, 1.82) is 0 Å². The SMILES string of the molecule is C(#Cc1ccccc1)c1ccccc1.CC.CNC(=O)C(=O)O. The molecule has 2 rings (SSSR count). The van der Waals surface area contributed by atoms with Gasteiger partial charge in [-0.05, 0) is 24.3 Å². The van der Waals surface area contributed by atoms with E-state index >= 15 is 0 Å². The molecule has 4 nitrogen and oxygen atoms in total. The highest BCUT2D eigenvalue weighted by Gasteiger charge is 2.04. The van der Waals surface area contributed by atoms with Gasteiger partial charge in [0.25, 0.3) is 0 Å². The van der Waals surface area contributed by atoms with E-state index in [2.05, 4.69) is 11.8 Å². The van der Waals surface area contributed by atoms with Crippen LogP contribution in [-0.2, 0) is 9.59 Å². The van der Waals surface area contributed by atoms with Crippen LogP contribution in [0.25, 0.3) is 0 Å². The van der Waals surface area contributed by atoms with Gasteiger partial charge in [-0.2, -0.15) is 0 Å². The first kappa shape index (κ1) is 19.9. The van der Waals surface area contributed by atoms with Crippen molar-refractivity contribution >= 4 is 11.9 Å². The number of amides is 1. The number of carbonyl (C=O) groups excluding carboxylic acids is 1. The lowest BCUT2D eigenvalue weighted by Crippen LogP contribution is -2.26. The number of carboxylic acid groups (broad SMARTS) is 1. The Bertz CT molecular complexity index is 597. The molecule has 0 spiro atoms. The first-order chi connectivity index (χ1) is 11.1. The molecule has 0 aromatic heterocycles. The zero-order valence-corrected chi connectivity index (χ0v) is 13.5. The molecule has 1 amide bonds. The van der Waals surface area contributed by atoms with Crippen LogP contribution < -0.4 is 5.32 Å². The van der Waals surface area contributed by atoms with E-state index in [4.69, 9.17) is 5.11 Å². The Morgan fingerprint density at radius 2 is 1.17 bits per heavy atom. The molecule has 0 aliphatic rings. The third-order valence-corrected chi connectivity index (χ3v) is 2.32. The van der Waals surface area contributed by atoms with Crippen LogP contribution in [0.5, 0.6) is 0 Å². The van der Waals surface area contributed by atoms with Crippen LogP contribution in [0.15, 0.2) is 60.7 Å². The number of aliphatic carboxylic acids is 1. The Labute approximate surface area is 137 Å². The molecule has 23 heavy (non-hydrogen) atoms. The topological polar surface area (TPSA) is 66.4 Å². The third kappa shape index (κ3) is 9.48. The van der Waals surface area contributed by atoms with Crippen LogP contribution in [0.4, 0.5) is 0 Å². The van der Waals surface area contributed by atoms with Crippen LogP contribution in [-0.4, -0.2) is 24.0 Å². The van der Waals surface area contributed by atoms with Gasteiger partial charge in [0.2, 0.25) is 0 Å². The number of carbonyl (C=O) groups is 2. The van der Waals surface area contributed by atoms with Crippen molar-refractivity contribution in [1.82, 2.24) is 5.32 Å². The maximum atomic E-state index is 9.80. The number of likely N-dealkylation sites (N-methyl/N-ethyl adjacent to an activating group) is 1. The fourth-order valence-electron chi connectivity index (χ4n) is 1.29. The van der Waals surface area contributed by atoms with Gasteiger partial charge in [0.1, 0.15) is 0 Å². The molecular formula is C19H21NO3. The molecule has 0 heterocycles. The van der Waals surface area contributed by atoms with E-state index in [1.807, 2.05) is 79.8 Å². The van der Waals surface area contributed by atoms with Gasteiger partial charge in [0, 0.05) is 18.2 Å². The van der Waals surface area contributed by atoms with Crippen LogP contribution in [0.2, 0.25) is 0 Å². The molecular weight excluding hydrogens is 290 g/mol. The van der Waals surface area contributed by atoms with Crippen LogP contribution in [0.1, 0.15) is 25.0 Å². The molecule has 0 aliphatic heterocycles. The van der Waals surface area contributed by atoms with Crippen molar-refractivity contribution in [3.8, 4) is 11.8 Å². The second kappa shape index (κ2) is 12.7. The fraction of sp³-hybridized carbons (Fsp3) is 0.158. The largest absolute Gasteiger partial charge is 0.474 e. The number of hydrogen-bond donors (Lipinski definition) is 2. The highest BCUT2D eigenvalue weighted by molar-refractivity contribution is 6.31. The summed E-state index contributed by atoms with van der Waals surface area (Å²) in [6.45, 7) is 4.00. The normalized spacial score (nSPS) is 7.96. The minimum Gasteiger partial charge on any atom is -0.474 e. The lowest BCUT2D eigenvalue weighted by atomic mass is 10.2. The van der Waals surface area contributed by atoms with Crippen molar-refractivity contribution in [3.05, 3.63) is 71.8 Å². The number of benzene rings is 2. The van der Waals surface area contributed by atoms with Gasteiger partial charge < -0.3 is 10.4 Å². The highest BCUT2D eigenvalue weighted by Crippen LogP contribution is 1.98. The molecule has 2 aromatic carbocycles. The van der Waals surface area contributed by atoms with Gasteiger partial charge in [-0.25, -0.2) is 4.79 Å². The van der Waals surface area contributed by atoms with Gasteiger partial charge in [0.15, 0.2) is 0 Å². The Hall–Kier alpha value is -3.06. The minimum absolute atomic E-state index is 0.986. The van der Waals surface area contributed by atoms with Gasteiger partial charge in [-0.15, -0.1) is 0 Å². The molecule has 0 atom stereocenters. The monoisotopic (exact) mass is 311 g/mol. The quantitative estimate of drug-likeness (QED) is 0.581. The number of nitrogens with one attached hydrogen (secondary N) is 1. The van der Waals surface area contributed by atoms with Crippen molar-refractivity contribution in [2.75, 3.05) is 7.05 Å². The average Bonchev–Trinajstić information content (AvgIpc) is 2.63. The molecule has 0 unspecified atom stereocenters. The third-order valence-electron chi connectivity index (χ3n) is 2.32. The molecule has 0 saturated carbocycles. The predicted octanol–water partition coefficient (Wildman–Crippen LogP) is 2.93. The zero-order chi connectivity index (χ0) is 17.5. The fourth-order valence-corrected chi connectivity index (χ4v) is 1.29. The summed E-state index contributed by atoms with van der Waals surface area (Å²) in [6, 6.07) is 20.0. The average molecular weight is 311 g/mol. The van der Waals surface area contributed by atoms with Gasteiger partial charge in [0.05, 0.1) is 0 Å². The highest BCUT2D eigenvalue weighted by atomic mass is 16.4. The van der Waals surface area contributed by atoms with Gasteiger partial charge >= 0.3 is 11.9 Å². The van der Waals surface area contributed by atoms with E-state index in [-0.39, 0.29) is 0 Å². The molecule has 0 bridgehead atoms. The van der Waals surface area contributed by atoms with Crippen molar-refractivity contribution in [3.63, 3.8) is 0 Å². The van der Waals surface area contributed by atoms with Gasteiger partial charge in [-0.1, -0.05) is 62.1 Å². The number of carboxylic acids is 1. The molecule has 0 fully saturated rings. The van der Waals surface area contributed by atoms with Crippen molar-refractivity contribution in [2.24, 2.45) is 0 Å². The summed E-state index contributed by atoms with van der Waals surface area (Å²) in [7, 11) is 1.26. The first-order valence-corrected chi connectivity index (χ1v) is 7.20. The van der Waals surface area contributed by atoms with E-state index in [1.54, 1.807) is 0 Å². The van der Waals surface area contributed by atoms with E-state index < -0.39 is 11.9 Å². The van der Waals surface area contributed by atoms with Crippen molar-refractivity contribution < 1.29 is 14.7 Å². The summed E-state index contributed by atoms with van der Waals surface area (Å²) >= 11 is 0. The minimum atomic E-state index is -1.46. The lowest BCUT2D eigenvalue weighted by molar-refractivity contribution is -0.149. The molecule has 0 radical (unpaired) electrons. The van der Waals surface area contributed by atoms with Gasteiger partial charge in [-0.3, -0.25) is 4.79 Å². The standard InChI is InChI=1S/C14H10.C3H5NO3.C2H6/c1-3-7-13(8-4-1)11-12-14-9-5-2-6-10-14;1-4-2(5)3(6)7;1-2/h1-10H;1H3,(H,4,5)(H,6,7);1-2H3. The molecule has 2 aromatic rings. The molecule has 4 heteroatoms. The summed E-state index contributed by atoms with van der Waals surface area (Å²) in [5.41, 5.74) is 2.10. The second-order valence-electron chi connectivity index (χ2n) is 3.87. The Balaban J connectivity index is 0.000000460. The number of rotatable bonds is 0. The Morgan fingerprint density at radius 3 is 1.39 bits per heavy atom. The van der Waals surface area contributed by atoms with E-state index in [1.165, 1.54) is 7.05 Å². The molecule has 120 valence electrons. The van der Waals surface area contributed by atoms with E-state index in [0.717, 1.165) is 11.1 Å². The maximum Gasteiger partial charge on any atom is 0.394 e. The van der Waals surface area contributed by atoms with Crippen molar-refractivity contribution in [2.45, 2.75) is 13.8 Å². The second-order valence-corrected chi connectivity index (χ2v) is 3.87. The predicted molar refractivity (Wildman–Crippen MR) is 91.9 cm³/mol. The summed E-state index contributed by atoms with van der Waals surface area (Å²) in [5.74, 6) is 3.78. The molecule has 2 N–H and O–H groups in total. The molecule has 0 saturated heterocycles. The maximum absolute atomic E-state index is 9.80. The van der Waals surface area contributed by atoms with E-state index in [0.29, 0.717) is 0 Å². The van der Waals surface area contributed by atoms with Crippen LogP contribution in [0, 0.1) is 11.8 Å². The van der Waals surface area contributed by atoms with Crippen LogP contribution in [0.3, 0.4) is 0 Å². The smallest absolute Gasteiger partial charge is 0.394 e. The van der Waals surface area contributed by atoms with Crippen LogP contribution >= 0.6 is 0 Å².